The summed E-state index contributed by atoms with van der Waals surface area (Å²) >= 11 is 5.96. The first-order chi connectivity index (χ1) is 15.5. The van der Waals surface area contributed by atoms with E-state index in [1.807, 2.05) is 30.3 Å². The van der Waals surface area contributed by atoms with E-state index in [9.17, 15) is 14.0 Å². The van der Waals surface area contributed by atoms with Crippen LogP contribution in [0.15, 0.2) is 91.5 Å². The lowest BCUT2D eigenvalue weighted by atomic mass is 10.0. The van der Waals surface area contributed by atoms with Crippen LogP contribution in [0.4, 0.5) is 4.39 Å². The first-order valence-electron chi connectivity index (χ1n) is 10.2. The number of amides is 2. The molecule has 3 aromatic rings. The number of carbonyl (C=O) groups is 2. The first-order valence-corrected chi connectivity index (χ1v) is 10.6. The highest BCUT2D eigenvalue weighted by atomic mass is 35.5. The van der Waals surface area contributed by atoms with Crippen molar-refractivity contribution in [3.05, 3.63) is 119 Å². The number of carbonyl (C=O) groups excluding carboxylic acids is 2. The van der Waals surface area contributed by atoms with Gasteiger partial charge in [-0.2, -0.15) is 0 Å². The number of halogens is 2. The molecule has 0 aliphatic carbocycles. The molecular weight excluding hydrogens is 427 g/mol. The second kappa shape index (κ2) is 11.3. The Morgan fingerprint density at radius 3 is 2.22 bits per heavy atom. The summed E-state index contributed by atoms with van der Waals surface area (Å²) in [4.78, 5) is 28.2. The van der Waals surface area contributed by atoms with Crippen molar-refractivity contribution in [3.63, 3.8) is 0 Å². The van der Waals surface area contributed by atoms with E-state index in [2.05, 4.69) is 11.9 Å². The maximum Gasteiger partial charge on any atom is 0.247 e. The van der Waals surface area contributed by atoms with E-state index in [1.54, 1.807) is 42.5 Å². The topological polar surface area (TPSA) is 49.4 Å². The molecule has 6 heteroatoms. The van der Waals surface area contributed by atoms with Crippen LogP contribution in [0, 0.1) is 5.82 Å². The number of benzene rings is 3. The highest BCUT2D eigenvalue weighted by molar-refractivity contribution is 6.30. The molecule has 164 valence electrons. The Kier molecular flexibility index (Phi) is 8.17. The molecule has 0 heterocycles. The zero-order chi connectivity index (χ0) is 22.9. The molecule has 1 N–H and O–H groups in total. The summed E-state index contributed by atoms with van der Waals surface area (Å²) in [6, 6.07) is 21.2. The zero-order valence-corrected chi connectivity index (χ0v) is 18.3. The lowest BCUT2D eigenvalue weighted by molar-refractivity contribution is -0.141. The van der Waals surface area contributed by atoms with Gasteiger partial charge in [-0.25, -0.2) is 4.39 Å². The molecule has 0 fully saturated rings. The average Bonchev–Trinajstić information content (AvgIpc) is 2.80. The molecule has 1 atom stereocenters. The third-order valence-corrected chi connectivity index (χ3v) is 5.20. The quantitative estimate of drug-likeness (QED) is 0.461. The molecule has 0 spiro atoms. The first kappa shape index (κ1) is 23.2. The summed E-state index contributed by atoms with van der Waals surface area (Å²) in [6.07, 6.45) is 1.68. The van der Waals surface area contributed by atoms with E-state index >= 15 is 0 Å². The van der Waals surface area contributed by atoms with Crippen LogP contribution in [0.25, 0.3) is 0 Å². The smallest absolute Gasteiger partial charge is 0.247 e. The van der Waals surface area contributed by atoms with Crippen molar-refractivity contribution in [2.45, 2.75) is 19.0 Å². The molecule has 2 amide bonds. The van der Waals surface area contributed by atoms with Gasteiger partial charge in [0, 0.05) is 18.1 Å². The Morgan fingerprint density at radius 1 is 0.969 bits per heavy atom. The fourth-order valence-electron chi connectivity index (χ4n) is 3.37. The molecule has 0 aliphatic rings. The van der Waals surface area contributed by atoms with Crippen LogP contribution in [-0.4, -0.2) is 23.3 Å². The van der Waals surface area contributed by atoms with Gasteiger partial charge in [0.1, 0.15) is 11.9 Å². The van der Waals surface area contributed by atoms with E-state index in [4.69, 9.17) is 11.6 Å². The van der Waals surface area contributed by atoms with Crippen molar-refractivity contribution in [2.75, 3.05) is 6.54 Å². The van der Waals surface area contributed by atoms with Gasteiger partial charge in [-0.15, -0.1) is 6.58 Å². The predicted octanol–water partition coefficient (Wildman–Crippen LogP) is 5.09. The minimum atomic E-state index is -0.860. The van der Waals surface area contributed by atoms with Gasteiger partial charge >= 0.3 is 0 Å². The maximum atomic E-state index is 13.5. The average molecular weight is 451 g/mol. The number of nitrogens with one attached hydrogen (secondary N) is 1. The minimum Gasteiger partial charge on any atom is -0.351 e. The van der Waals surface area contributed by atoms with E-state index in [1.165, 1.54) is 17.0 Å². The van der Waals surface area contributed by atoms with Gasteiger partial charge in [-0.3, -0.25) is 9.59 Å². The highest BCUT2D eigenvalue weighted by Gasteiger charge is 2.31. The molecule has 0 aromatic heterocycles. The fourth-order valence-corrected chi connectivity index (χ4v) is 3.49. The summed E-state index contributed by atoms with van der Waals surface area (Å²) in [5, 5.41) is 3.38. The third-order valence-electron chi connectivity index (χ3n) is 4.95. The van der Waals surface area contributed by atoms with E-state index < -0.39 is 6.04 Å². The lowest BCUT2D eigenvalue weighted by Crippen LogP contribution is -2.44. The monoisotopic (exact) mass is 450 g/mol. The zero-order valence-electron chi connectivity index (χ0n) is 17.5. The molecule has 1 unspecified atom stereocenters. The SMILES string of the molecule is C=CCNC(=O)C(c1ccccc1)N(Cc1ccc(F)cc1)C(=O)Cc1ccc(Cl)cc1. The molecule has 3 rings (SSSR count). The molecule has 4 nitrogen and oxygen atoms in total. The largest absolute Gasteiger partial charge is 0.351 e. The summed E-state index contributed by atoms with van der Waals surface area (Å²) in [5.74, 6) is -0.918. The summed E-state index contributed by atoms with van der Waals surface area (Å²) < 4.78 is 13.4. The second-order valence-electron chi connectivity index (χ2n) is 7.30. The van der Waals surface area contributed by atoms with Crippen molar-refractivity contribution in [1.82, 2.24) is 10.2 Å². The Balaban J connectivity index is 1.98. The summed E-state index contributed by atoms with van der Waals surface area (Å²) in [5.41, 5.74) is 2.18. The molecule has 0 saturated heterocycles. The molecule has 0 aliphatic heterocycles. The standard InChI is InChI=1S/C26H24ClFN2O2/c1-2-16-29-26(32)25(21-6-4-3-5-7-21)30(18-20-10-14-23(28)15-11-20)24(31)17-19-8-12-22(27)13-9-19/h2-15,25H,1,16-18H2,(H,29,32). The van der Waals surface area contributed by atoms with Crippen LogP contribution in [-0.2, 0) is 22.6 Å². The fraction of sp³-hybridized carbons (Fsp3) is 0.154. The van der Waals surface area contributed by atoms with Gasteiger partial charge in [0.2, 0.25) is 11.8 Å². The molecule has 32 heavy (non-hydrogen) atoms. The van der Waals surface area contributed by atoms with Crippen LogP contribution in [0.2, 0.25) is 5.02 Å². The van der Waals surface area contributed by atoms with E-state index in [-0.39, 0.29) is 37.1 Å². The molecule has 3 aromatic carbocycles. The van der Waals surface area contributed by atoms with Gasteiger partial charge in [-0.05, 0) is 41.0 Å². The van der Waals surface area contributed by atoms with Crippen LogP contribution in [0.5, 0.6) is 0 Å². The van der Waals surface area contributed by atoms with Crippen molar-refractivity contribution in [2.24, 2.45) is 0 Å². The molecule has 0 saturated carbocycles. The van der Waals surface area contributed by atoms with E-state index in [0.29, 0.717) is 16.1 Å². The Labute approximate surface area is 192 Å². The van der Waals surface area contributed by atoms with Crippen molar-refractivity contribution in [1.29, 1.82) is 0 Å². The number of hydrogen-bond acceptors (Lipinski definition) is 2. The summed E-state index contributed by atoms with van der Waals surface area (Å²) in [7, 11) is 0. The van der Waals surface area contributed by atoms with Crippen LogP contribution in [0.3, 0.4) is 0 Å². The highest BCUT2D eigenvalue weighted by Crippen LogP contribution is 2.25. The normalized spacial score (nSPS) is 11.4. The second-order valence-corrected chi connectivity index (χ2v) is 7.73. The van der Waals surface area contributed by atoms with Crippen molar-refractivity contribution >= 4 is 23.4 Å². The molecular formula is C26H24ClFN2O2. The molecule has 0 radical (unpaired) electrons. The predicted molar refractivity (Wildman–Crippen MR) is 124 cm³/mol. The summed E-state index contributed by atoms with van der Waals surface area (Å²) in [6.45, 7) is 4.06. The van der Waals surface area contributed by atoms with Gasteiger partial charge in [-0.1, -0.05) is 72.3 Å². The van der Waals surface area contributed by atoms with Gasteiger partial charge < -0.3 is 10.2 Å². The van der Waals surface area contributed by atoms with Crippen LogP contribution >= 0.6 is 11.6 Å². The Morgan fingerprint density at radius 2 is 1.59 bits per heavy atom. The van der Waals surface area contributed by atoms with Crippen molar-refractivity contribution < 1.29 is 14.0 Å². The number of rotatable bonds is 9. The van der Waals surface area contributed by atoms with Gasteiger partial charge in [0.25, 0.3) is 0 Å². The lowest BCUT2D eigenvalue weighted by Gasteiger charge is -2.31. The number of hydrogen-bond donors (Lipinski definition) is 1. The van der Waals surface area contributed by atoms with Crippen molar-refractivity contribution in [3.8, 4) is 0 Å². The third kappa shape index (κ3) is 6.28. The van der Waals surface area contributed by atoms with Crippen LogP contribution < -0.4 is 5.32 Å². The number of nitrogens with zero attached hydrogens (tertiary/aromatic N) is 1. The Bertz CT molecular complexity index is 1050. The van der Waals surface area contributed by atoms with E-state index in [0.717, 1.165) is 5.56 Å². The minimum absolute atomic E-state index is 0.0937. The Hall–Kier alpha value is -3.44. The maximum absolute atomic E-state index is 13.5. The van der Waals surface area contributed by atoms with Crippen LogP contribution in [0.1, 0.15) is 22.7 Å². The van der Waals surface area contributed by atoms with Gasteiger partial charge in [0.15, 0.2) is 0 Å². The molecule has 0 bridgehead atoms. The van der Waals surface area contributed by atoms with Gasteiger partial charge in [0.05, 0.1) is 6.42 Å².